The molecule has 0 fully saturated rings. The summed E-state index contributed by atoms with van der Waals surface area (Å²) in [6.45, 7) is 14.7. The van der Waals surface area contributed by atoms with Crippen LogP contribution in [0.5, 0.6) is 0 Å². The van der Waals surface area contributed by atoms with Crippen LogP contribution in [-0.2, 0) is 9.47 Å². The summed E-state index contributed by atoms with van der Waals surface area (Å²) in [6.07, 6.45) is -1.20. The van der Waals surface area contributed by atoms with Gasteiger partial charge in [0, 0.05) is 13.6 Å². The minimum atomic E-state index is -0.677. The fourth-order valence-corrected chi connectivity index (χ4v) is 2.13. The number of benzene rings is 1. The van der Waals surface area contributed by atoms with Crippen molar-refractivity contribution >= 4 is 23.8 Å². The number of amides is 2. The topological polar surface area (TPSA) is 71.4 Å². The Kier molecular flexibility index (Phi) is 7.61. The number of carbonyl (C=O) groups is 2. The van der Waals surface area contributed by atoms with Crippen LogP contribution in [0.25, 0.3) is 0 Å². The average molecular weight is 392 g/mol. The van der Waals surface area contributed by atoms with E-state index in [-0.39, 0.29) is 12.5 Å². The van der Waals surface area contributed by atoms with Crippen molar-refractivity contribution in [1.29, 1.82) is 0 Å². The Bertz CT molecular complexity index is 713. The maximum atomic E-state index is 12.7. The highest BCUT2D eigenvalue weighted by Crippen LogP contribution is 2.18. The van der Waals surface area contributed by atoms with Gasteiger partial charge in [0.1, 0.15) is 11.2 Å². The number of aliphatic imine (C=N–C) groups is 1. The van der Waals surface area contributed by atoms with Crippen LogP contribution in [0.3, 0.4) is 0 Å². The SMILES string of the molecule is CCN(C(=O)OC(C)(C)C)C(=Nc1ccc(C)cc1)N(C)C(=O)OC(C)(C)C. The minimum absolute atomic E-state index is 0.134. The monoisotopic (exact) mass is 391 g/mol. The van der Waals surface area contributed by atoms with Crippen molar-refractivity contribution in [3.8, 4) is 0 Å². The Morgan fingerprint density at radius 3 is 1.82 bits per heavy atom. The normalized spacial score (nSPS) is 12.4. The van der Waals surface area contributed by atoms with E-state index in [0.717, 1.165) is 5.56 Å². The van der Waals surface area contributed by atoms with E-state index in [2.05, 4.69) is 4.99 Å². The van der Waals surface area contributed by atoms with Gasteiger partial charge in [0.05, 0.1) is 5.69 Å². The maximum Gasteiger partial charge on any atom is 0.417 e. The second kappa shape index (κ2) is 9.08. The van der Waals surface area contributed by atoms with E-state index in [9.17, 15) is 9.59 Å². The lowest BCUT2D eigenvalue weighted by Crippen LogP contribution is -2.50. The zero-order chi connectivity index (χ0) is 21.7. The molecule has 7 nitrogen and oxygen atoms in total. The van der Waals surface area contributed by atoms with Crippen molar-refractivity contribution in [2.24, 2.45) is 4.99 Å². The van der Waals surface area contributed by atoms with Gasteiger partial charge >= 0.3 is 12.2 Å². The van der Waals surface area contributed by atoms with Crippen LogP contribution in [0.2, 0.25) is 0 Å². The Morgan fingerprint density at radius 2 is 1.39 bits per heavy atom. The molecule has 0 aliphatic heterocycles. The summed E-state index contributed by atoms with van der Waals surface area (Å²) in [4.78, 5) is 32.4. The Hall–Kier alpha value is -2.57. The van der Waals surface area contributed by atoms with E-state index in [4.69, 9.17) is 9.47 Å². The van der Waals surface area contributed by atoms with Crippen molar-refractivity contribution in [3.63, 3.8) is 0 Å². The molecule has 0 unspecified atom stereocenters. The minimum Gasteiger partial charge on any atom is -0.443 e. The maximum absolute atomic E-state index is 12.7. The molecule has 0 aromatic heterocycles. The van der Waals surface area contributed by atoms with Gasteiger partial charge in [-0.2, -0.15) is 0 Å². The van der Waals surface area contributed by atoms with E-state index < -0.39 is 23.4 Å². The number of rotatable bonds is 2. The summed E-state index contributed by atoms with van der Waals surface area (Å²) in [7, 11) is 1.52. The predicted molar refractivity (Wildman–Crippen MR) is 111 cm³/mol. The van der Waals surface area contributed by atoms with Gasteiger partial charge in [0.15, 0.2) is 0 Å². The quantitative estimate of drug-likeness (QED) is 0.519. The largest absolute Gasteiger partial charge is 0.443 e. The van der Waals surface area contributed by atoms with Crippen molar-refractivity contribution in [2.75, 3.05) is 13.6 Å². The summed E-state index contributed by atoms with van der Waals surface area (Å²) in [5.41, 5.74) is 0.339. The van der Waals surface area contributed by atoms with Gasteiger partial charge in [-0.15, -0.1) is 0 Å². The summed E-state index contributed by atoms with van der Waals surface area (Å²) >= 11 is 0. The van der Waals surface area contributed by atoms with E-state index >= 15 is 0 Å². The second-order valence-electron chi connectivity index (χ2n) is 8.51. The Labute approximate surface area is 168 Å². The van der Waals surface area contributed by atoms with Gasteiger partial charge in [-0.25, -0.2) is 24.4 Å². The van der Waals surface area contributed by atoms with Crippen LogP contribution in [0, 0.1) is 6.92 Å². The number of carbonyl (C=O) groups excluding carboxylic acids is 2. The Morgan fingerprint density at radius 1 is 0.929 bits per heavy atom. The third kappa shape index (κ3) is 7.58. The van der Waals surface area contributed by atoms with Gasteiger partial charge in [0.25, 0.3) is 0 Å². The molecular formula is C21H33N3O4. The third-order valence-corrected chi connectivity index (χ3v) is 3.40. The molecule has 0 N–H and O–H groups in total. The number of hydrogen-bond acceptors (Lipinski definition) is 5. The first-order valence-electron chi connectivity index (χ1n) is 9.36. The highest BCUT2D eigenvalue weighted by molar-refractivity contribution is 6.02. The van der Waals surface area contributed by atoms with E-state index in [0.29, 0.717) is 5.69 Å². The smallest absolute Gasteiger partial charge is 0.417 e. The summed E-state index contributed by atoms with van der Waals surface area (Å²) in [5.74, 6) is 0.134. The van der Waals surface area contributed by atoms with Crippen LogP contribution in [-0.4, -0.2) is 52.7 Å². The number of hydrogen-bond donors (Lipinski definition) is 0. The molecule has 0 radical (unpaired) electrons. The lowest BCUT2D eigenvalue weighted by atomic mass is 10.2. The van der Waals surface area contributed by atoms with E-state index in [1.807, 2.05) is 31.2 Å². The summed E-state index contributed by atoms with van der Waals surface area (Å²) in [5, 5.41) is 0. The van der Waals surface area contributed by atoms with Gasteiger partial charge in [-0.1, -0.05) is 17.7 Å². The van der Waals surface area contributed by atoms with Crippen LogP contribution < -0.4 is 0 Å². The van der Waals surface area contributed by atoms with Crippen LogP contribution in [0.1, 0.15) is 54.0 Å². The molecule has 0 saturated carbocycles. The third-order valence-electron chi connectivity index (χ3n) is 3.40. The molecule has 28 heavy (non-hydrogen) atoms. The number of nitrogens with zero attached hydrogens (tertiary/aromatic N) is 3. The predicted octanol–water partition coefficient (Wildman–Crippen LogP) is 5.11. The van der Waals surface area contributed by atoms with Crippen molar-refractivity contribution in [2.45, 2.75) is 66.6 Å². The molecule has 0 heterocycles. The summed E-state index contributed by atoms with van der Waals surface area (Å²) in [6, 6.07) is 7.46. The fourth-order valence-electron chi connectivity index (χ4n) is 2.13. The molecule has 0 aliphatic rings. The average Bonchev–Trinajstić information content (AvgIpc) is 2.52. The van der Waals surface area contributed by atoms with E-state index in [1.54, 1.807) is 48.5 Å². The first kappa shape index (κ1) is 23.5. The molecule has 2 amide bonds. The highest BCUT2D eigenvalue weighted by atomic mass is 16.6. The molecule has 0 bridgehead atoms. The number of guanidine groups is 1. The first-order chi connectivity index (χ1) is 12.7. The standard InChI is InChI=1S/C21H33N3O4/c1-10-24(19(26)28-21(6,7)8)17(22-16-13-11-15(2)12-14-16)23(9)18(25)27-20(3,4)5/h11-14H,10H2,1-9H3. The van der Waals surface area contributed by atoms with Gasteiger partial charge in [-0.3, -0.25) is 0 Å². The first-order valence-corrected chi connectivity index (χ1v) is 9.36. The second-order valence-corrected chi connectivity index (χ2v) is 8.51. The van der Waals surface area contributed by atoms with Gasteiger partial charge < -0.3 is 9.47 Å². The lowest BCUT2D eigenvalue weighted by molar-refractivity contribution is 0.0305. The van der Waals surface area contributed by atoms with Crippen LogP contribution >= 0.6 is 0 Å². The van der Waals surface area contributed by atoms with Crippen molar-refractivity contribution in [3.05, 3.63) is 29.8 Å². The molecular weight excluding hydrogens is 358 g/mol. The van der Waals surface area contributed by atoms with Gasteiger partial charge in [-0.05, 0) is 67.5 Å². The number of ether oxygens (including phenoxy) is 2. The van der Waals surface area contributed by atoms with Gasteiger partial charge in [0.2, 0.25) is 5.96 Å². The molecule has 0 atom stereocenters. The molecule has 1 aromatic rings. The molecule has 156 valence electrons. The zero-order valence-electron chi connectivity index (χ0n) is 18.5. The lowest BCUT2D eigenvalue weighted by Gasteiger charge is -2.31. The zero-order valence-corrected chi connectivity index (χ0v) is 18.5. The van der Waals surface area contributed by atoms with Crippen LogP contribution in [0.4, 0.5) is 15.3 Å². The highest BCUT2D eigenvalue weighted by Gasteiger charge is 2.31. The van der Waals surface area contributed by atoms with E-state index in [1.165, 1.54) is 16.8 Å². The number of aryl methyl sites for hydroxylation is 1. The van der Waals surface area contributed by atoms with Crippen LogP contribution in [0.15, 0.2) is 29.3 Å². The molecule has 0 aliphatic carbocycles. The van der Waals surface area contributed by atoms with Crippen molar-refractivity contribution in [1.82, 2.24) is 9.80 Å². The Balaban J connectivity index is 3.34. The summed E-state index contributed by atoms with van der Waals surface area (Å²) < 4.78 is 10.9. The molecule has 0 spiro atoms. The molecule has 1 aromatic carbocycles. The molecule has 0 saturated heterocycles. The molecule has 7 heteroatoms. The molecule has 1 rings (SSSR count). The fraction of sp³-hybridized carbons (Fsp3) is 0.571. The van der Waals surface area contributed by atoms with Crippen molar-refractivity contribution < 1.29 is 19.1 Å².